The number of hydrogen-bond acceptors (Lipinski definition) is 10. The van der Waals surface area contributed by atoms with Gasteiger partial charge in [0, 0.05) is 62.8 Å². The summed E-state index contributed by atoms with van der Waals surface area (Å²) in [6.07, 6.45) is 16.5. The van der Waals surface area contributed by atoms with Crippen molar-refractivity contribution >= 4 is 51.8 Å². The lowest BCUT2D eigenvalue weighted by molar-refractivity contribution is -0.125. The van der Waals surface area contributed by atoms with Gasteiger partial charge in [-0.05, 0) is 130 Å². The molecule has 62 heavy (non-hydrogen) atoms. The molecule has 2 saturated carbocycles. The van der Waals surface area contributed by atoms with Crippen molar-refractivity contribution in [3.63, 3.8) is 0 Å². The predicted octanol–water partition coefficient (Wildman–Crippen LogP) is 9.45. The van der Waals surface area contributed by atoms with Gasteiger partial charge in [0.2, 0.25) is 11.8 Å². The number of rotatable bonds is 6. The Morgan fingerprint density at radius 2 is 1.19 bits per heavy atom. The number of hydrogen-bond donors (Lipinski definition) is 2. The molecule has 10 rings (SSSR count). The van der Waals surface area contributed by atoms with E-state index in [9.17, 15) is 9.59 Å². The third-order valence-electron chi connectivity index (χ3n) is 13.8. The van der Waals surface area contributed by atoms with Gasteiger partial charge in [0.05, 0.1) is 61.3 Å². The topological polar surface area (TPSA) is 127 Å². The molecule has 0 atom stereocenters. The van der Waals surface area contributed by atoms with Crippen LogP contribution in [-0.2, 0) is 41.6 Å². The third-order valence-corrected chi connectivity index (χ3v) is 13.8. The maximum absolute atomic E-state index is 13.8. The number of fused-ring (bicyclic) bond motifs is 4. The molecule has 1 saturated heterocycles. The van der Waals surface area contributed by atoms with Crippen LogP contribution in [0.4, 0.5) is 34.4 Å². The monoisotopic (exact) mass is 840 g/mol. The van der Waals surface area contributed by atoms with E-state index in [4.69, 9.17) is 18.9 Å². The van der Waals surface area contributed by atoms with E-state index in [2.05, 4.69) is 69.1 Å². The molecule has 6 heterocycles. The lowest BCUT2D eigenvalue weighted by atomic mass is 9.86. The van der Waals surface area contributed by atoms with E-state index in [1.54, 1.807) is 26.6 Å². The molecule has 12 nitrogen and oxygen atoms in total. The molecule has 2 aromatic heterocycles. The number of carbonyl (C=O) groups excluding carboxylic acids is 2. The summed E-state index contributed by atoms with van der Waals surface area (Å²) in [5.41, 5.74) is 9.59. The summed E-state index contributed by atoms with van der Waals surface area (Å²) in [5, 5.41) is 6.96. The van der Waals surface area contributed by atoms with Crippen molar-refractivity contribution in [2.45, 2.75) is 102 Å². The number of anilines is 6. The number of ether oxygens (including phenoxy) is 4. The van der Waals surface area contributed by atoms with Gasteiger partial charge in [-0.15, -0.1) is 0 Å². The van der Waals surface area contributed by atoms with E-state index in [1.165, 1.54) is 11.1 Å². The number of benzene rings is 2. The van der Waals surface area contributed by atoms with E-state index in [-0.39, 0.29) is 35.9 Å². The molecule has 0 unspecified atom stereocenters. The zero-order valence-corrected chi connectivity index (χ0v) is 36.2. The smallest absolute Gasteiger partial charge is 0.230 e. The fourth-order valence-electron chi connectivity index (χ4n) is 10.1. The predicted molar refractivity (Wildman–Crippen MR) is 242 cm³/mol. The summed E-state index contributed by atoms with van der Waals surface area (Å²) >= 11 is 0. The van der Waals surface area contributed by atoms with Crippen LogP contribution in [0.1, 0.15) is 98.8 Å². The van der Waals surface area contributed by atoms with Gasteiger partial charge in [0.25, 0.3) is 0 Å². The highest BCUT2D eigenvalue weighted by Gasteiger charge is 2.35. The molecule has 3 fully saturated rings. The minimum Gasteiger partial charge on any atom is -0.381 e. The number of carbonyl (C=O) groups is 2. The van der Waals surface area contributed by atoms with Crippen LogP contribution in [0.2, 0.25) is 0 Å². The number of nitrogens with zero attached hydrogens (tertiary/aromatic N) is 4. The Morgan fingerprint density at radius 3 is 1.73 bits per heavy atom. The second-order valence-corrected chi connectivity index (χ2v) is 17.5. The number of amides is 2. The Hall–Kier alpha value is -5.14. The minimum atomic E-state index is 0.0309. The Labute approximate surface area is 365 Å². The molecule has 6 aliphatic rings. The van der Waals surface area contributed by atoms with Crippen LogP contribution >= 0.6 is 0 Å². The quantitative estimate of drug-likeness (QED) is 0.194. The van der Waals surface area contributed by atoms with Crippen molar-refractivity contribution < 1.29 is 28.5 Å². The third kappa shape index (κ3) is 9.29. The molecule has 4 aliphatic heterocycles. The summed E-state index contributed by atoms with van der Waals surface area (Å²) in [7, 11) is 3.53. The van der Waals surface area contributed by atoms with Gasteiger partial charge in [-0.3, -0.25) is 9.59 Å². The molecule has 2 aliphatic carbocycles. The van der Waals surface area contributed by atoms with Crippen molar-refractivity contribution in [3.8, 4) is 0 Å². The van der Waals surface area contributed by atoms with Crippen LogP contribution in [-0.4, -0.2) is 74.6 Å². The van der Waals surface area contributed by atoms with Gasteiger partial charge >= 0.3 is 0 Å². The van der Waals surface area contributed by atoms with Crippen molar-refractivity contribution in [2.75, 3.05) is 61.1 Å². The van der Waals surface area contributed by atoms with Crippen LogP contribution < -0.4 is 20.4 Å². The van der Waals surface area contributed by atoms with Gasteiger partial charge in [-0.2, -0.15) is 0 Å². The molecule has 12 heteroatoms. The van der Waals surface area contributed by atoms with Gasteiger partial charge < -0.3 is 39.4 Å². The Morgan fingerprint density at radius 1 is 0.645 bits per heavy atom. The Kier molecular flexibility index (Phi) is 13.3. The molecule has 0 bridgehead atoms. The molecule has 326 valence electrons. The highest BCUT2D eigenvalue weighted by molar-refractivity contribution is 6.01. The van der Waals surface area contributed by atoms with Crippen molar-refractivity contribution in [1.82, 2.24) is 9.97 Å². The highest BCUT2D eigenvalue weighted by atomic mass is 16.5. The molecule has 2 aromatic carbocycles. The van der Waals surface area contributed by atoms with Gasteiger partial charge in [0.1, 0.15) is 11.6 Å². The fraction of sp³-hybridized carbons (Fsp3) is 0.480. The van der Waals surface area contributed by atoms with E-state index >= 15 is 0 Å². The van der Waals surface area contributed by atoms with Gasteiger partial charge in [-0.25, -0.2) is 9.97 Å². The normalized spacial score (nSPS) is 23.5. The minimum absolute atomic E-state index is 0.0309. The number of aromatic nitrogens is 2. The molecule has 4 aromatic rings. The first-order valence-corrected chi connectivity index (χ1v) is 22.7. The van der Waals surface area contributed by atoms with Crippen molar-refractivity contribution in [2.24, 2.45) is 11.8 Å². The van der Waals surface area contributed by atoms with E-state index in [1.807, 2.05) is 28.0 Å². The summed E-state index contributed by atoms with van der Waals surface area (Å²) < 4.78 is 22.1. The fourth-order valence-corrected chi connectivity index (χ4v) is 10.1. The van der Waals surface area contributed by atoms with Crippen LogP contribution in [0.3, 0.4) is 0 Å². The molecule has 0 spiro atoms. The van der Waals surface area contributed by atoms with Crippen molar-refractivity contribution in [3.05, 3.63) is 101 Å². The van der Waals surface area contributed by atoms with Crippen LogP contribution in [0, 0.1) is 11.8 Å². The molecule has 0 radical (unpaired) electrons. The zero-order chi connectivity index (χ0) is 42.4. The summed E-state index contributed by atoms with van der Waals surface area (Å²) in [6, 6.07) is 20.9. The largest absolute Gasteiger partial charge is 0.381 e. The first kappa shape index (κ1) is 42.2. The summed E-state index contributed by atoms with van der Waals surface area (Å²) in [6.45, 7) is 4.07. The van der Waals surface area contributed by atoms with Crippen LogP contribution in [0.25, 0.3) is 5.57 Å². The van der Waals surface area contributed by atoms with Crippen LogP contribution in [0.15, 0.2) is 79.1 Å². The molecular formula is C50H60N6O6. The molecule has 2 amide bonds. The average Bonchev–Trinajstić information content (AvgIpc) is 3.62. The number of methoxy groups -OCH3 is 2. The van der Waals surface area contributed by atoms with Crippen molar-refractivity contribution in [1.29, 1.82) is 0 Å². The summed E-state index contributed by atoms with van der Waals surface area (Å²) in [5.74, 6) is 2.64. The average molecular weight is 841 g/mol. The second kappa shape index (κ2) is 19.5. The first-order valence-electron chi connectivity index (χ1n) is 22.7. The highest BCUT2D eigenvalue weighted by Crippen LogP contribution is 2.42. The van der Waals surface area contributed by atoms with Crippen LogP contribution in [0.5, 0.6) is 0 Å². The molecular weight excluding hydrogens is 781 g/mol. The number of nitrogens with one attached hydrogen (secondary N) is 2. The van der Waals surface area contributed by atoms with E-state index in [0.29, 0.717) is 25.6 Å². The van der Waals surface area contributed by atoms with Gasteiger partial charge in [-0.1, -0.05) is 30.3 Å². The zero-order valence-electron chi connectivity index (χ0n) is 36.2. The molecule has 2 N–H and O–H groups in total. The second-order valence-electron chi connectivity index (χ2n) is 17.5. The van der Waals surface area contributed by atoms with E-state index in [0.717, 1.165) is 142 Å². The maximum Gasteiger partial charge on any atom is 0.230 e. The first-order chi connectivity index (χ1) is 30.4. The standard InChI is InChI=1S/C25H31N3O3.C25H29N3O3/c2*1-30-21-7-4-18(5-8-21)25(29)28-16-20-3-2-12-26-24(20)27-22-9-6-19(15-23(22)28)17-10-13-31-14-11-17/h2-3,6,9,12,15,17-18,21H,4-5,7-8,10-11,13-14,16H2,1H3,(H,26,27);2-3,6,9-10,12,15,18,21H,4-5,7-8,11,13-14,16H2,1H3,(H,26,27). The number of pyridine rings is 2. The maximum atomic E-state index is 13.8. The Bertz CT molecular complexity index is 2240. The van der Waals surface area contributed by atoms with Gasteiger partial charge in [0.15, 0.2) is 0 Å². The SMILES string of the molecule is COC1CCC(C(=O)N2Cc3cccnc3Nc3ccc(C4=CCOCC4)cc32)CC1.COC1CCC(C(=O)N2Cc3cccnc3Nc3ccc(C4CCOCC4)cc32)CC1. The lowest BCUT2D eigenvalue weighted by Gasteiger charge is -2.32. The lowest BCUT2D eigenvalue weighted by Crippen LogP contribution is -2.38. The summed E-state index contributed by atoms with van der Waals surface area (Å²) in [4.78, 5) is 40.6. The Balaban J connectivity index is 0.000000158. The van der Waals surface area contributed by atoms with E-state index < -0.39 is 0 Å².